The maximum Gasteiger partial charge on any atom is 0.189 e. The van der Waals surface area contributed by atoms with E-state index in [1.165, 1.54) is 0 Å². The van der Waals surface area contributed by atoms with Crippen LogP contribution in [0.2, 0.25) is 0 Å². The number of carbonyl (C=O) groups excluding carboxylic acids is 2. The van der Waals surface area contributed by atoms with Gasteiger partial charge in [-0.1, -0.05) is 0 Å². The van der Waals surface area contributed by atoms with Gasteiger partial charge in [-0.15, -0.1) is 0 Å². The van der Waals surface area contributed by atoms with Crippen molar-refractivity contribution >= 4 is 11.6 Å². The molecule has 0 fully saturated rings. The molecule has 0 saturated carbocycles. The minimum absolute atomic E-state index is 0.701. The topological polar surface area (TPSA) is 196 Å². The first-order valence-corrected chi connectivity index (χ1v) is 5.47. The van der Waals surface area contributed by atoms with Crippen LogP contribution in [0.3, 0.4) is 0 Å². The number of carbonyl (C=O) groups is 2. The molecule has 0 aromatic carbocycles. The van der Waals surface area contributed by atoms with Crippen molar-refractivity contribution in [2.24, 2.45) is 0 Å². The highest BCUT2D eigenvalue weighted by Crippen LogP contribution is 1.93. The first-order valence-electron chi connectivity index (χ1n) is 5.47. The van der Waals surface area contributed by atoms with Crippen molar-refractivity contribution in [2.45, 2.75) is 24.4 Å². The lowest BCUT2D eigenvalue weighted by Gasteiger charge is -2.11. The third kappa shape index (κ3) is 8.24. The maximum absolute atomic E-state index is 10.3. The molecule has 0 aliphatic heterocycles. The quantitative estimate of drug-likeness (QED) is 0.214. The van der Waals surface area contributed by atoms with Crippen molar-refractivity contribution in [3.63, 3.8) is 0 Å². The van der Waals surface area contributed by atoms with Gasteiger partial charge in [0.25, 0.3) is 0 Å². The number of hydrogen-bond acceptors (Lipinski definition) is 10. The molecule has 0 aliphatic carbocycles. The molecule has 0 aromatic rings. The number of aliphatic hydroxyl groups excluding tert-OH is 8. The average Bonchev–Trinajstić information content (AvgIpc) is 2.50. The van der Waals surface area contributed by atoms with Crippen LogP contribution in [0.4, 0.5) is 0 Å². The van der Waals surface area contributed by atoms with E-state index in [1.807, 2.05) is 0 Å². The SMILES string of the molecule is O=C(CO)[C@@H](O)[C@H](O)CO.O=C(CO)[C@H](O)[C@@H](O)CO. The Morgan fingerprint density at radius 1 is 0.650 bits per heavy atom. The van der Waals surface area contributed by atoms with Gasteiger partial charge in [-0.25, -0.2) is 0 Å². The van der Waals surface area contributed by atoms with Gasteiger partial charge in [0.2, 0.25) is 0 Å². The Balaban J connectivity index is 0. The first-order chi connectivity index (χ1) is 9.26. The molecule has 10 nitrogen and oxygen atoms in total. The molecule has 0 unspecified atom stereocenters. The standard InChI is InChI=1S/2C5H10O5/c2*6-1-3(8)5(10)4(9)2-7/h2*3,5-8,10H,1-2H2/t2*3-,5+/m10/s1. The fourth-order valence-corrected chi connectivity index (χ4v) is 0.816. The second kappa shape index (κ2) is 11.8. The van der Waals surface area contributed by atoms with Crippen LogP contribution in [-0.4, -0.2) is 103 Å². The van der Waals surface area contributed by atoms with Gasteiger partial charge < -0.3 is 40.9 Å². The molecule has 10 heteroatoms. The normalized spacial score (nSPS) is 16.4. The van der Waals surface area contributed by atoms with Gasteiger partial charge in [0.1, 0.15) is 37.6 Å². The van der Waals surface area contributed by atoms with Gasteiger partial charge >= 0.3 is 0 Å². The summed E-state index contributed by atoms with van der Waals surface area (Å²) in [6.45, 7) is -3.07. The Hall–Kier alpha value is -0.980. The molecule has 0 spiro atoms. The van der Waals surface area contributed by atoms with Crippen LogP contribution >= 0.6 is 0 Å². The van der Waals surface area contributed by atoms with Crippen LogP contribution in [0.5, 0.6) is 0 Å². The monoisotopic (exact) mass is 300 g/mol. The first kappa shape index (κ1) is 21.3. The largest absolute Gasteiger partial charge is 0.394 e. The van der Waals surface area contributed by atoms with Crippen molar-refractivity contribution in [2.75, 3.05) is 26.4 Å². The summed E-state index contributed by atoms with van der Waals surface area (Å²) < 4.78 is 0. The molecule has 8 N–H and O–H groups in total. The van der Waals surface area contributed by atoms with E-state index in [-0.39, 0.29) is 0 Å². The highest BCUT2D eigenvalue weighted by atomic mass is 16.4. The summed E-state index contributed by atoms with van der Waals surface area (Å²) in [5.74, 6) is -1.80. The molecule has 0 aliphatic rings. The summed E-state index contributed by atoms with van der Waals surface area (Å²) in [6, 6.07) is 0. The lowest BCUT2D eigenvalue weighted by atomic mass is 10.1. The third-order valence-electron chi connectivity index (χ3n) is 2.07. The predicted molar refractivity (Wildman–Crippen MR) is 62.4 cm³/mol. The van der Waals surface area contributed by atoms with E-state index < -0.39 is 62.4 Å². The second-order valence-electron chi connectivity index (χ2n) is 3.64. The van der Waals surface area contributed by atoms with Crippen molar-refractivity contribution < 1.29 is 50.4 Å². The Morgan fingerprint density at radius 3 is 1.05 bits per heavy atom. The van der Waals surface area contributed by atoms with Crippen molar-refractivity contribution in [3.8, 4) is 0 Å². The number of rotatable bonds is 8. The van der Waals surface area contributed by atoms with E-state index in [2.05, 4.69) is 0 Å². The molecule has 0 saturated heterocycles. The third-order valence-corrected chi connectivity index (χ3v) is 2.07. The Kier molecular flexibility index (Phi) is 12.6. The van der Waals surface area contributed by atoms with Crippen molar-refractivity contribution in [1.82, 2.24) is 0 Å². The minimum atomic E-state index is -1.69. The molecule has 0 rings (SSSR count). The number of Topliss-reactive ketones (excluding diaryl/α,β-unsaturated/α-hetero) is 2. The zero-order valence-corrected chi connectivity index (χ0v) is 10.5. The molecule has 20 heavy (non-hydrogen) atoms. The Labute approximate surface area is 114 Å². The summed E-state index contributed by atoms with van der Waals surface area (Å²) in [5.41, 5.74) is 0. The number of aliphatic hydroxyl groups is 8. The lowest BCUT2D eigenvalue weighted by Crippen LogP contribution is -2.37. The van der Waals surface area contributed by atoms with Crippen LogP contribution in [0.1, 0.15) is 0 Å². The van der Waals surface area contributed by atoms with Crippen LogP contribution in [-0.2, 0) is 9.59 Å². The number of ketones is 2. The average molecular weight is 300 g/mol. The van der Waals surface area contributed by atoms with E-state index >= 15 is 0 Å². The Bertz CT molecular complexity index is 253. The molecule has 0 heterocycles. The fraction of sp³-hybridized carbons (Fsp3) is 0.800. The van der Waals surface area contributed by atoms with Gasteiger partial charge in [-0.05, 0) is 0 Å². The zero-order chi connectivity index (χ0) is 16.3. The zero-order valence-electron chi connectivity index (χ0n) is 10.5. The fourth-order valence-electron chi connectivity index (χ4n) is 0.816. The van der Waals surface area contributed by atoms with Crippen LogP contribution in [0.25, 0.3) is 0 Å². The van der Waals surface area contributed by atoms with Gasteiger partial charge in [-0.3, -0.25) is 9.59 Å². The Morgan fingerprint density at radius 2 is 0.900 bits per heavy atom. The van der Waals surface area contributed by atoms with E-state index in [0.717, 1.165) is 0 Å². The van der Waals surface area contributed by atoms with Gasteiger partial charge in [0.05, 0.1) is 13.2 Å². The molecule has 4 atom stereocenters. The molecule has 0 aromatic heterocycles. The van der Waals surface area contributed by atoms with Gasteiger partial charge in [-0.2, -0.15) is 0 Å². The van der Waals surface area contributed by atoms with Crippen LogP contribution in [0.15, 0.2) is 0 Å². The number of hydrogen-bond donors (Lipinski definition) is 8. The highest BCUT2D eigenvalue weighted by Gasteiger charge is 2.22. The predicted octanol–water partition coefficient (Wildman–Crippen LogP) is -5.48. The van der Waals surface area contributed by atoms with Crippen LogP contribution < -0.4 is 0 Å². The summed E-state index contributed by atoms with van der Waals surface area (Å²) in [5, 5.41) is 67.2. The minimum Gasteiger partial charge on any atom is -0.394 e. The summed E-state index contributed by atoms with van der Waals surface area (Å²) in [6.07, 6.45) is -6.37. The second-order valence-corrected chi connectivity index (χ2v) is 3.64. The molecule has 120 valence electrons. The molecular formula is C10H20O10. The van der Waals surface area contributed by atoms with Gasteiger partial charge in [0.15, 0.2) is 11.6 Å². The van der Waals surface area contributed by atoms with Crippen LogP contribution in [0, 0.1) is 0 Å². The molecule has 0 amide bonds. The maximum atomic E-state index is 10.3. The lowest BCUT2D eigenvalue weighted by molar-refractivity contribution is -0.137. The molecule has 0 radical (unpaired) electrons. The summed E-state index contributed by atoms with van der Waals surface area (Å²) >= 11 is 0. The summed E-state index contributed by atoms with van der Waals surface area (Å²) in [4.78, 5) is 20.7. The van der Waals surface area contributed by atoms with E-state index in [9.17, 15) is 9.59 Å². The van der Waals surface area contributed by atoms with E-state index in [0.29, 0.717) is 0 Å². The van der Waals surface area contributed by atoms with E-state index in [1.54, 1.807) is 0 Å². The van der Waals surface area contributed by atoms with Crippen molar-refractivity contribution in [1.29, 1.82) is 0 Å². The molecular weight excluding hydrogens is 280 g/mol. The van der Waals surface area contributed by atoms with E-state index in [4.69, 9.17) is 40.9 Å². The highest BCUT2D eigenvalue weighted by molar-refractivity contribution is 5.84. The summed E-state index contributed by atoms with van der Waals surface area (Å²) in [7, 11) is 0. The van der Waals surface area contributed by atoms with Gasteiger partial charge in [0, 0.05) is 0 Å². The smallest absolute Gasteiger partial charge is 0.189 e. The molecule has 0 bridgehead atoms. The van der Waals surface area contributed by atoms with Crippen molar-refractivity contribution in [3.05, 3.63) is 0 Å².